The summed E-state index contributed by atoms with van der Waals surface area (Å²) in [5.41, 5.74) is -2.32. The second-order valence-electron chi connectivity index (χ2n) is 12.9. The number of carbonyl (C=O) groups excluding carboxylic acids is 3. The third-order valence-electron chi connectivity index (χ3n) is 8.69. The molecule has 0 amide bonds. The fourth-order valence-electron chi connectivity index (χ4n) is 5.74. The van der Waals surface area contributed by atoms with Crippen LogP contribution >= 0.6 is 0 Å². The SMILES string of the molecule is CCCCCC=CCC=CCCCCCCCC(=O)[C@@](OC(=O)CCCCCCCCCCCCCCC)(C(C)=O)C(O)CO. The largest absolute Gasteiger partial charge is 0.440 e. The van der Waals surface area contributed by atoms with Gasteiger partial charge in [0.2, 0.25) is 0 Å². The molecule has 0 spiro atoms. The lowest BCUT2D eigenvalue weighted by Gasteiger charge is -2.33. The molecule has 0 aliphatic rings. The molecule has 0 radical (unpaired) electrons. The molecule has 45 heavy (non-hydrogen) atoms. The summed E-state index contributed by atoms with van der Waals surface area (Å²) in [6.07, 6.45) is 34.2. The molecule has 0 bridgehead atoms. The highest BCUT2D eigenvalue weighted by Gasteiger charge is 2.52. The molecule has 0 saturated carbocycles. The minimum atomic E-state index is -2.32. The van der Waals surface area contributed by atoms with Gasteiger partial charge in [-0.3, -0.25) is 14.4 Å². The molecule has 0 aromatic heterocycles. The van der Waals surface area contributed by atoms with E-state index in [4.69, 9.17) is 4.74 Å². The van der Waals surface area contributed by atoms with Gasteiger partial charge in [0.15, 0.2) is 11.6 Å². The van der Waals surface area contributed by atoms with Crippen molar-refractivity contribution in [3.8, 4) is 0 Å². The van der Waals surface area contributed by atoms with Crippen molar-refractivity contribution >= 4 is 17.5 Å². The van der Waals surface area contributed by atoms with Crippen LogP contribution in [0.2, 0.25) is 0 Å². The van der Waals surface area contributed by atoms with E-state index in [0.29, 0.717) is 12.8 Å². The lowest BCUT2D eigenvalue weighted by atomic mass is 9.85. The highest BCUT2D eigenvalue weighted by atomic mass is 16.6. The van der Waals surface area contributed by atoms with Crippen LogP contribution in [0.4, 0.5) is 0 Å². The van der Waals surface area contributed by atoms with E-state index in [0.717, 1.165) is 64.7 Å². The highest BCUT2D eigenvalue weighted by molar-refractivity contribution is 6.11. The molecule has 6 nitrogen and oxygen atoms in total. The summed E-state index contributed by atoms with van der Waals surface area (Å²) in [4.78, 5) is 38.5. The Morgan fingerprint density at radius 1 is 0.600 bits per heavy atom. The first-order valence-corrected chi connectivity index (χ1v) is 18.7. The molecule has 1 unspecified atom stereocenters. The lowest BCUT2D eigenvalue weighted by Crippen LogP contribution is -2.59. The van der Waals surface area contributed by atoms with Crippen molar-refractivity contribution in [2.75, 3.05) is 6.61 Å². The Balaban J connectivity index is 4.30. The van der Waals surface area contributed by atoms with Gasteiger partial charge in [-0.25, -0.2) is 0 Å². The third-order valence-corrected chi connectivity index (χ3v) is 8.69. The summed E-state index contributed by atoms with van der Waals surface area (Å²) in [6, 6.07) is 0. The Morgan fingerprint density at radius 2 is 1.00 bits per heavy atom. The second-order valence-corrected chi connectivity index (χ2v) is 12.9. The average molecular weight is 635 g/mol. The zero-order valence-corrected chi connectivity index (χ0v) is 29.5. The van der Waals surface area contributed by atoms with E-state index in [2.05, 4.69) is 38.2 Å². The van der Waals surface area contributed by atoms with Crippen LogP contribution in [-0.4, -0.2) is 46.1 Å². The fourth-order valence-corrected chi connectivity index (χ4v) is 5.74. The van der Waals surface area contributed by atoms with Crippen LogP contribution in [0.3, 0.4) is 0 Å². The number of aliphatic hydroxyl groups excluding tert-OH is 2. The van der Waals surface area contributed by atoms with Crippen molar-refractivity contribution in [1.82, 2.24) is 0 Å². The van der Waals surface area contributed by atoms with Crippen LogP contribution in [0.25, 0.3) is 0 Å². The molecule has 2 N–H and O–H groups in total. The van der Waals surface area contributed by atoms with Gasteiger partial charge in [0.25, 0.3) is 5.60 Å². The lowest BCUT2D eigenvalue weighted by molar-refractivity contribution is -0.187. The molecule has 0 heterocycles. The maximum Gasteiger partial charge on any atom is 0.307 e. The molecule has 0 aromatic rings. The van der Waals surface area contributed by atoms with Gasteiger partial charge >= 0.3 is 5.97 Å². The van der Waals surface area contributed by atoms with Crippen LogP contribution < -0.4 is 0 Å². The summed E-state index contributed by atoms with van der Waals surface area (Å²) in [7, 11) is 0. The summed E-state index contributed by atoms with van der Waals surface area (Å²) in [5, 5.41) is 20.1. The first-order valence-electron chi connectivity index (χ1n) is 18.7. The third kappa shape index (κ3) is 22.4. The summed E-state index contributed by atoms with van der Waals surface area (Å²) in [6.45, 7) is 4.77. The molecule has 0 aliphatic carbocycles. The number of esters is 1. The number of rotatable bonds is 33. The first kappa shape index (κ1) is 43.2. The van der Waals surface area contributed by atoms with Crippen molar-refractivity contribution in [1.29, 1.82) is 0 Å². The van der Waals surface area contributed by atoms with Crippen LogP contribution in [-0.2, 0) is 19.1 Å². The number of ketones is 2. The van der Waals surface area contributed by atoms with Crippen molar-refractivity contribution in [2.45, 2.75) is 199 Å². The average Bonchev–Trinajstić information content (AvgIpc) is 3.03. The molecule has 0 rings (SSSR count). The topological polar surface area (TPSA) is 101 Å². The highest BCUT2D eigenvalue weighted by Crippen LogP contribution is 2.25. The molecular weight excluding hydrogens is 564 g/mol. The zero-order valence-electron chi connectivity index (χ0n) is 29.5. The molecule has 262 valence electrons. The van der Waals surface area contributed by atoms with Gasteiger partial charge in [-0.05, 0) is 51.9 Å². The molecule has 0 saturated heterocycles. The maximum absolute atomic E-state index is 13.2. The summed E-state index contributed by atoms with van der Waals surface area (Å²) < 4.78 is 5.44. The number of Topliss-reactive ketones (excluding diaryl/α,β-unsaturated/α-hetero) is 2. The van der Waals surface area contributed by atoms with Gasteiger partial charge in [-0.1, -0.05) is 147 Å². The van der Waals surface area contributed by atoms with Crippen LogP contribution in [0.5, 0.6) is 0 Å². The normalized spacial score (nSPS) is 13.8. The van der Waals surface area contributed by atoms with Gasteiger partial charge in [0.05, 0.1) is 6.61 Å². The smallest absolute Gasteiger partial charge is 0.307 e. The monoisotopic (exact) mass is 635 g/mol. The van der Waals surface area contributed by atoms with Crippen molar-refractivity contribution in [3.63, 3.8) is 0 Å². The fraction of sp³-hybridized carbons (Fsp3) is 0.821. The molecule has 0 fully saturated rings. The minimum absolute atomic E-state index is 0.0210. The van der Waals surface area contributed by atoms with Crippen LogP contribution in [0.1, 0.15) is 188 Å². The van der Waals surface area contributed by atoms with Gasteiger partial charge in [-0.2, -0.15) is 0 Å². The van der Waals surface area contributed by atoms with E-state index in [1.54, 1.807) is 0 Å². The number of aliphatic hydroxyl groups is 2. The molecular formula is C39H70O6. The van der Waals surface area contributed by atoms with Crippen LogP contribution in [0, 0.1) is 0 Å². The van der Waals surface area contributed by atoms with E-state index in [-0.39, 0.29) is 12.8 Å². The second kappa shape index (κ2) is 30.8. The number of ether oxygens (including phenoxy) is 1. The Morgan fingerprint density at radius 3 is 1.47 bits per heavy atom. The molecule has 6 heteroatoms. The van der Waals surface area contributed by atoms with Crippen LogP contribution in [0.15, 0.2) is 24.3 Å². The zero-order chi connectivity index (χ0) is 33.4. The Bertz CT molecular complexity index is 788. The summed E-state index contributed by atoms with van der Waals surface area (Å²) >= 11 is 0. The van der Waals surface area contributed by atoms with E-state index in [1.807, 2.05) is 0 Å². The number of carbonyl (C=O) groups is 3. The van der Waals surface area contributed by atoms with Crippen molar-refractivity contribution < 1.29 is 29.3 Å². The Kier molecular flexibility index (Phi) is 29.6. The maximum atomic E-state index is 13.2. The van der Waals surface area contributed by atoms with Gasteiger partial charge in [-0.15, -0.1) is 0 Å². The predicted molar refractivity (Wildman–Crippen MR) is 187 cm³/mol. The van der Waals surface area contributed by atoms with Gasteiger partial charge in [0.1, 0.15) is 6.10 Å². The Hall–Kier alpha value is -1.79. The molecule has 0 aliphatic heterocycles. The molecule has 2 atom stereocenters. The van der Waals surface area contributed by atoms with E-state index in [9.17, 15) is 24.6 Å². The number of hydrogen-bond acceptors (Lipinski definition) is 6. The number of allylic oxidation sites excluding steroid dienone is 4. The van der Waals surface area contributed by atoms with Crippen molar-refractivity contribution in [2.24, 2.45) is 0 Å². The van der Waals surface area contributed by atoms with Gasteiger partial charge in [0, 0.05) is 12.8 Å². The van der Waals surface area contributed by atoms with E-state index in [1.165, 1.54) is 83.5 Å². The van der Waals surface area contributed by atoms with E-state index < -0.39 is 35.8 Å². The van der Waals surface area contributed by atoms with E-state index >= 15 is 0 Å². The quantitative estimate of drug-likeness (QED) is 0.0322. The standard InChI is InChI=1S/C39H70O6/c1-4-6-8-10-12-14-16-18-19-21-22-24-26-28-30-32-36(42)39(35(3)41,37(43)34-40)45-38(44)33-31-29-27-25-23-20-17-15-13-11-9-7-5-2/h12,14,18-19,37,40,43H,4-11,13,15-17,20-34H2,1-3H3/t37?,39-/m0/s1. The number of unbranched alkanes of at least 4 members (excludes halogenated alkanes) is 20. The summed E-state index contributed by atoms with van der Waals surface area (Å²) in [5.74, 6) is -2.04. The minimum Gasteiger partial charge on any atom is -0.440 e. The van der Waals surface area contributed by atoms with Gasteiger partial charge < -0.3 is 14.9 Å². The van der Waals surface area contributed by atoms with Crippen molar-refractivity contribution in [3.05, 3.63) is 24.3 Å². The first-order chi connectivity index (χ1) is 21.9. The molecule has 0 aromatic carbocycles. The Labute approximate surface area is 276 Å². The predicted octanol–water partition coefficient (Wildman–Crippen LogP) is 10.1. The number of hydrogen-bond donors (Lipinski definition) is 2.